The highest BCUT2D eigenvalue weighted by atomic mass is 19.1. The topological polar surface area (TPSA) is 6.48 Å². The highest BCUT2D eigenvalue weighted by Crippen LogP contribution is 2.12. The summed E-state index contributed by atoms with van der Waals surface area (Å²) in [5.74, 6) is 5.09. The summed E-state index contributed by atoms with van der Waals surface area (Å²) < 4.78 is 25.0. The first-order chi connectivity index (χ1) is 9.65. The van der Waals surface area contributed by atoms with Gasteiger partial charge in [-0.15, -0.1) is 24.7 Å². The molecule has 2 aliphatic rings. The van der Waals surface area contributed by atoms with Crippen LogP contribution in [0.1, 0.15) is 25.7 Å². The highest BCUT2D eigenvalue weighted by molar-refractivity contribution is 4.87. The summed E-state index contributed by atoms with van der Waals surface area (Å²) in [6.07, 6.45) is 11.8. The molecule has 4 heteroatoms. The molecule has 0 unspecified atom stereocenters. The smallest absolute Gasteiger partial charge is 0.114 e. The molecular weight excluding hydrogens is 258 g/mol. The minimum Gasteiger partial charge on any atom is -0.299 e. The van der Waals surface area contributed by atoms with E-state index in [0.717, 1.165) is 39.0 Å². The minimum absolute atomic E-state index is 0.585. The van der Waals surface area contributed by atoms with E-state index < -0.39 is 12.3 Å². The monoisotopic (exact) mass is 282 g/mol. The second kappa shape index (κ2) is 9.75. The van der Waals surface area contributed by atoms with Crippen molar-refractivity contribution in [3.8, 4) is 24.7 Å². The van der Waals surface area contributed by atoms with Crippen LogP contribution >= 0.6 is 0 Å². The van der Waals surface area contributed by atoms with Crippen molar-refractivity contribution in [1.82, 2.24) is 9.80 Å². The van der Waals surface area contributed by atoms with E-state index in [-0.39, 0.29) is 0 Å². The summed E-state index contributed by atoms with van der Waals surface area (Å²) >= 11 is 0. The Kier molecular flexibility index (Phi) is 8.26. The molecule has 2 aliphatic heterocycles. The molecule has 0 aromatic heterocycles. The fraction of sp³-hybridized carbons (Fsp3) is 0.750. The lowest BCUT2D eigenvalue weighted by atomic mass is 10.3. The second-order valence-electron chi connectivity index (χ2n) is 5.28. The average molecular weight is 282 g/mol. The summed E-state index contributed by atoms with van der Waals surface area (Å²) in [7, 11) is 0. The van der Waals surface area contributed by atoms with Gasteiger partial charge in [-0.3, -0.25) is 9.80 Å². The third kappa shape index (κ3) is 6.89. The maximum Gasteiger partial charge on any atom is 0.114 e. The van der Waals surface area contributed by atoms with Crippen LogP contribution < -0.4 is 0 Å². The van der Waals surface area contributed by atoms with E-state index >= 15 is 0 Å². The van der Waals surface area contributed by atoms with Crippen LogP contribution in [0.2, 0.25) is 0 Å². The fourth-order valence-electron chi connectivity index (χ4n) is 2.42. The molecule has 2 nitrogen and oxygen atoms in total. The van der Waals surface area contributed by atoms with Crippen LogP contribution in [-0.2, 0) is 0 Å². The molecule has 0 spiro atoms. The Morgan fingerprint density at radius 1 is 0.850 bits per heavy atom. The van der Waals surface area contributed by atoms with Gasteiger partial charge >= 0.3 is 0 Å². The Labute approximate surface area is 121 Å². The van der Waals surface area contributed by atoms with Gasteiger partial charge in [-0.2, -0.15) is 0 Å². The van der Waals surface area contributed by atoms with E-state index in [9.17, 15) is 8.78 Å². The standard InChI is InChI=1S/2C8H12FN/c2*1-2-3-5-10-6-4-8(9)7-10/h2*1,8H,3-7H2/t2*8-/m00/s1. The Morgan fingerprint density at radius 2 is 1.25 bits per heavy atom. The molecule has 2 saturated heterocycles. The zero-order chi connectivity index (χ0) is 14.8. The molecule has 2 fully saturated rings. The van der Waals surface area contributed by atoms with Crippen LogP contribution in [0, 0.1) is 24.7 Å². The lowest BCUT2D eigenvalue weighted by Gasteiger charge is -2.11. The number of hydrogen-bond donors (Lipinski definition) is 0. The largest absolute Gasteiger partial charge is 0.299 e. The number of rotatable bonds is 4. The maximum atomic E-state index is 12.5. The van der Waals surface area contributed by atoms with Crippen molar-refractivity contribution >= 4 is 0 Å². The van der Waals surface area contributed by atoms with Gasteiger partial charge in [0.05, 0.1) is 0 Å². The van der Waals surface area contributed by atoms with Crippen molar-refractivity contribution in [2.45, 2.75) is 38.0 Å². The van der Waals surface area contributed by atoms with Gasteiger partial charge in [-0.25, -0.2) is 8.78 Å². The van der Waals surface area contributed by atoms with Crippen LogP contribution in [0.3, 0.4) is 0 Å². The molecule has 0 N–H and O–H groups in total. The Hall–Kier alpha value is -1.10. The minimum atomic E-state index is -0.613. The highest BCUT2D eigenvalue weighted by Gasteiger charge is 2.20. The van der Waals surface area contributed by atoms with Gasteiger partial charge in [0.1, 0.15) is 12.3 Å². The van der Waals surface area contributed by atoms with Crippen molar-refractivity contribution in [1.29, 1.82) is 0 Å². The molecule has 2 atom stereocenters. The van der Waals surface area contributed by atoms with Gasteiger partial charge in [0.25, 0.3) is 0 Å². The third-order valence-electron chi connectivity index (χ3n) is 3.57. The number of likely N-dealkylation sites (tertiary alicyclic amines) is 2. The summed E-state index contributed by atoms with van der Waals surface area (Å²) in [5, 5.41) is 0. The SMILES string of the molecule is C#CCCN1CC[C@H](F)C1.C#CCCN1CC[C@H](F)C1. The summed E-state index contributed by atoms with van der Waals surface area (Å²) in [4.78, 5) is 4.15. The van der Waals surface area contributed by atoms with Crippen molar-refractivity contribution in [3.05, 3.63) is 0 Å². The quantitative estimate of drug-likeness (QED) is 0.729. The van der Waals surface area contributed by atoms with Crippen LogP contribution in [0.25, 0.3) is 0 Å². The number of nitrogens with zero attached hydrogens (tertiary/aromatic N) is 2. The van der Waals surface area contributed by atoms with Crippen molar-refractivity contribution in [3.63, 3.8) is 0 Å². The van der Waals surface area contributed by atoms with E-state index in [0.29, 0.717) is 25.9 Å². The first kappa shape index (κ1) is 17.0. The molecule has 0 amide bonds. The van der Waals surface area contributed by atoms with Crippen LogP contribution in [0.5, 0.6) is 0 Å². The molecule has 0 radical (unpaired) electrons. The molecule has 0 bridgehead atoms. The Balaban J connectivity index is 0.000000200. The lowest BCUT2D eigenvalue weighted by molar-refractivity contribution is 0.292. The van der Waals surface area contributed by atoms with E-state index in [4.69, 9.17) is 12.8 Å². The van der Waals surface area contributed by atoms with Crippen LogP contribution in [0.15, 0.2) is 0 Å². The summed E-state index contributed by atoms with van der Waals surface area (Å²) in [6.45, 7) is 4.64. The Morgan fingerprint density at radius 3 is 1.50 bits per heavy atom. The molecule has 0 aromatic carbocycles. The number of terminal acetylenes is 2. The predicted molar refractivity (Wildman–Crippen MR) is 78.8 cm³/mol. The summed E-state index contributed by atoms with van der Waals surface area (Å²) in [6, 6.07) is 0. The normalized spacial score (nSPS) is 26.6. The van der Waals surface area contributed by atoms with Gasteiger partial charge in [0.2, 0.25) is 0 Å². The third-order valence-corrected chi connectivity index (χ3v) is 3.57. The van der Waals surface area contributed by atoms with Gasteiger partial charge in [0, 0.05) is 52.1 Å². The first-order valence-corrected chi connectivity index (χ1v) is 7.25. The first-order valence-electron chi connectivity index (χ1n) is 7.25. The molecule has 20 heavy (non-hydrogen) atoms. The average Bonchev–Trinajstić information content (AvgIpc) is 3.03. The van der Waals surface area contributed by atoms with Gasteiger partial charge in [-0.1, -0.05) is 0 Å². The van der Waals surface area contributed by atoms with Crippen molar-refractivity contribution in [2.24, 2.45) is 0 Å². The fourth-order valence-corrected chi connectivity index (χ4v) is 2.42. The summed E-state index contributed by atoms with van der Waals surface area (Å²) in [5.41, 5.74) is 0. The maximum absolute atomic E-state index is 12.5. The van der Waals surface area contributed by atoms with E-state index in [2.05, 4.69) is 21.6 Å². The van der Waals surface area contributed by atoms with E-state index in [1.54, 1.807) is 0 Å². The van der Waals surface area contributed by atoms with Gasteiger partial charge in [0.15, 0.2) is 0 Å². The van der Waals surface area contributed by atoms with Gasteiger partial charge in [-0.05, 0) is 12.8 Å². The molecule has 112 valence electrons. The zero-order valence-corrected chi connectivity index (χ0v) is 12.0. The molecule has 0 aliphatic carbocycles. The van der Waals surface area contributed by atoms with Crippen LogP contribution in [0.4, 0.5) is 8.78 Å². The number of hydrogen-bond acceptors (Lipinski definition) is 2. The van der Waals surface area contributed by atoms with Crippen molar-refractivity contribution < 1.29 is 8.78 Å². The molecule has 2 rings (SSSR count). The number of alkyl halides is 2. The van der Waals surface area contributed by atoms with Crippen molar-refractivity contribution in [2.75, 3.05) is 39.3 Å². The molecular formula is C16H24F2N2. The van der Waals surface area contributed by atoms with E-state index in [1.807, 2.05) is 0 Å². The van der Waals surface area contributed by atoms with Crippen LogP contribution in [-0.4, -0.2) is 61.4 Å². The van der Waals surface area contributed by atoms with E-state index in [1.165, 1.54) is 0 Å². The Bertz CT molecular complexity index is 311. The predicted octanol–water partition coefficient (Wildman–Crippen LogP) is 2.11. The molecule has 0 saturated carbocycles. The number of halogens is 2. The molecule has 0 aromatic rings. The second-order valence-corrected chi connectivity index (χ2v) is 5.28. The van der Waals surface area contributed by atoms with Gasteiger partial charge < -0.3 is 0 Å². The lowest BCUT2D eigenvalue weighted by Crippen LogP contribution is -2.21. The molecule has 2 heterocycles. The zero-order valence-electron chi connectivity index (χ0n) is 12.0.